The van der Waals surface area contributed by atoms with Gasteiger partial charge in [0.05, 0.1) is 6.04 Å². The quantitative estimate of drug-likeness (QED) is 0.530. The molecule has 2 amide bonds. The van der Waals surface area contributed by atoms with Gasteiger partial charge < -0.3 is 15.5 Å². The fourth-order valence-electron chi connectivity index (χ4n) is 8.05. The van der Waals surface area contributed by atoms with E-state index in [1.165, 1.54) is 12.5 Å². The van der Waals surface area contributed by atoms with Gasteiger partial charge in [-0.2, -0.15) is 0 Å². The van der Waals surface area contributed by atoms with Crippen molar-refractivity contribution in [2.75, 3.05) is 13.6 Å². The smallest absolute Gasteiger partial charge is 0.245 e. The maximum Gasteiger partial charge on any atom is 0.245 e. The molecule has 1 aromatic carbocycles. The molecule has 0 radical (unpaired) electrons. The second-order valence-corrected chi connectivity index (χ2v) is 12.6. The molecule has 1 aromatic rings. The number of carbonyl (C=O) groups is 3. The minimum atomic E-state index is -0.547. The van der Waals surface area contributed by atoms with E-state index in [4.69, 9.17) is 0 Å². The van der Waals surface area contributed by atoms with Crippen LogP contribution in [0.3, 0.4) is 0 Å². The van der Waals surface area contributed by atoms with Crippen molar-refractivity contribution in [1.82, 2.24) is 15.5 Å². The van der Waals surface area contributed by atoms with E-state index in [9.17, 15) is 18.8 Å². The minimum absolute atomic E-state index is 0.0211. The van der Waals surface area contributed by atoms with E-state index in [1.54, 1.807) is 20.0 Å². The summed E-state index contributed by atoms with van der Waals surface area (Å²) in [7, 11) is 1.75. The van der Waals surface area contributed by atoms with E-state index in [1.807, 2.05) is 13.0 Å². The summed E-state index contributed by atoms with van der Waals surface area (Å²) in [6.45, 7) is 6.34. The Morgan fingerprint density at radius 2 is 1.85 bits per heavy atom. The number of hydrogen-bond donors (Lipinski definition) is 2. The first-order valence-corrected chi connectivity index (χ1v) is 14.9. The Kier molecular flexibility index (Phi) is 8.01. The Bertz CT molecular complexity index is 1160. The Labute approximate surface area is 232 Å². The number of Topliss-reactive ketones (excluding diaryl/α,β-unsaturated/α-hetero) is 1. The molecule has 212 valence electrons. The number of carbonyl (C=O) groups excluding carboxylic acids is 3. The monoisotopic (exact) mass is 537 g/mol. The second-order valence-electron chi connectivity index (χ2n) is 12.6. The first-order chi connectivity index (χ1) is 18.6. The first kappa shape index (κ1) is 28.0. The Morgan fingerprint density at radius 3 is 2.54 bits per heavy atom. The number of nitrogens with zero attached hydrogens (tertiary/aromatic N) is 1. The molecular weight excluding hydrogens is 493 g/mol. The van der Waals surface area contributed by atoms with E-state index in [0.717, 1.165) is 55.2 Å². The van der Waals surface area contributed by atoms with E-state index in [2.05, 4.69) is 28.5 Å². The number of fused-ring (bicyclic) bond motifs is 2. The molecule has 0 spiro atoms. The highest BCUT2D eigenvalue weighted by Crippen LogP contribution is 2.56. The summed E-state index contributed by atoms with van der Waals surface area (Å²) in [4.78, 5) is 42.4. The highest BCUT2D eigenvalue weighted by molar-refractivity contribution is 5.91. The largest absolute Gasteiger partial charge is 0.343 e. The zero-order chi connectivity index (χ0) is 27.9. The third kappa shape index (κ3) is 5.07. The fraction of sp³-hybridized carbons (Fsp3) is 0.656. The van der Waals surface area contributed by atoms with Gasteiger partial charge in [0.15, 0.2) is 0 Å². The van der Waals surface area contributed by atoms with Crippen LogP contribution in [0.25, 0.3) is 5.57 Å². The average Bonchev–Trinajstić information content (AvgIpc) is 3.50. The van der Waals surface area contributed by atoms with Gasteiger partial charge in [-0.1, -0.05) is 31.4 Å². The zero-order valence-electron chi connectivity index (χ0n) is 23.9. The highest BCUT2D eigenvalue weighted by atomic mass is 19.1. The molecule has 2 N–H and O–H groups in total. The third-order valence-corrected chi connectivity index (χ3v) is 10.6. The van der Waals surface area contributed by atoms with Crippen LogP contribution < -0.4 is 10.6 Å². The summed E-state index contributed by atoms with van der Waals surface area (Å²) in [6, 6.07) is 4.06. The maximum absolute atomic E-state index is 14.6. The van der Waals surface area contributed by atoms with Crippen LogP contribution in [0.4, 0.5) is 4.39 Å². The Balaban J connectivity index is 1.51. The lowest BCUT2D eigenvalue weighted by molar-refractivity contribution is -0.145. The van der Waals surface area contributed by atoms with E-state index in [-0.39, 0.29) is 53.1 Å². The topological polar surface area (TPSA) is 78.5 Å². The standard InChI is InChI=1S/C32H44FN3O3/c1-19(34-4)30(38)35-29(21-8-6-5-7-9-21)31(39)36-15-14-24-16-23(20(2)37)18-28(32(24,36)3)27-12-10-22-17-25(33)11-13-26(22)27/h11-13,17,19,21,23-24,28-29,34H,5-10,14-16,18H2,1-4H3,(H,35,38). The third-order valence-electron chi connectivity index (χ3n) is 10.6. The van der Waals surface area contributed by atoms with Crippen LogP contribution >= 0.6 is 0 Å². The van der Waals surface area contributed by atoms with E-state index in [0.29, 0.717) is 19.4 Å². The van der Waals surface area contributed by atoms with Crippen molar-refractivity contribution in [3.63, 3.8) is 0 Å². The van der Waals surface area contributed by atoms with Gasteiger partial charge in [-0.05, 0) is 107 Å². The molecule has 3 aliphatic carbocycles. The van der Waals surface area contributed by atoms with Gasteiger partial charge >= 0.3 is 0 Å². The van der Waals surface area contributed by atoms with Crippen LogP contribution in [0.5, 0.6) is 0 Å². The summed E-state index contributed by atoms with van der Waals surface area (Å²) in [6.07, 6.45) is 10.4. The normalized spacial score (nSPS) is 30.2. The lowest BCUT2D eigenvalue weighted by Gasteiger charge is -2.52. The van der Waals surface area contributed by atoms with Crippen LogP contribution in [0.15, 0.2) is 24.3 Å². The number of halogens is 1. The number of ketones is 1. The Morgan fingerprint density at radius 1 is 1.10 bits per heavy atom. The molecule has 6 nitrogen and oxygen atoms in total. The van der Waals surface area contributed by atoms with Crippen LogP contribution in [0.2, 0.25) is 0 Å². The summed E-state index contributed by atoms with van der Waals surface area (Å²) >= 11 is 0. The number of likely N-dealkylation sites (tertiary alicyclic amines) is 1. The van der Waals surface area contributed by atoms with Crippen LogP contribution in [0.1, 0.15) is 83.3 Å². The van der Waals surface area contributed by atoms with Gasteiger partial charge in [0, 0.05) is 23.9 Å². The van der Waals surface area contributed by atoms with Gasteiger partial charge in [0.25, 0.3) is 0 Å². The second kappa shape index (κ2) is 11.1. The summed E-state index contributed by atoms with van der Waals surface area (Å²) in [5, 5.41) is 6.16. The molecule has 7 heteroatoms. The van der Waals surface area contributed by atoms with Gasteiger partial charge in [0.1, 0.15) is 17.6 Å². The molecule has 5 rings (SSSR count). The van der Waals surface area contributed by atoms with Crippen molar-refractivity contribution < 1.29 is 18.8 Å². The molecule has 2 saturated carbocycles. The molecule has 1 aliphatic heterocycles. The van der Waals surface area contributed by atoms with Gasteiger partial charge in [-0.3, -0.25) is 14.4 Å². The zero-order valence-corrected chi connectivity index (χ0v) is 23.9. The number of benzene rings is 1. The van der Waals surface area contributed by atoms with Crippen molar-refractivity contribution >= 4 is 23.2 Å². The van der Waals surface area contributed by atoms with Crippen molar-refractivity contribution in [2.24, 2.45) is 23.7 Å². The summed E-state index contributed by atoms with van der Waals surface area (Å²) < 4.78 is 14.0. The number of allylic oxidation sites excluding steroid dienone is 1. The number of nitrogens with one attached hydrogen (secondary N) is 2. The number of amides is 2. The van der Waals surface area contributed by atoms with Crippen molar-refractivity contribution in [1.29, 1.82) is 0 Å². The molecule has 0 bridgehead atoms. The van der Waals surface area contributed by atoms with Crippen molar-refractivity contribution in [2.45, 2.75) is 96.2 Å². The number of likely N-dealkylation sites (N-methyl/N-ethyl adjacent to an activating group) is 1. The summed E-state index contributed by atoms with van der Waals surface area (Å²) in [5.41, 5.74) is 2.69. The fourth-order valence-corrected chi connectivity index (χ4v) is 8.05. The van der Waals surface area contributed by atoms with Crippen LogP contribution in [-0.4, -0.2) is 53.7 Å². The van der Waals surface area contributed by atoms with Crippen LogP contribution in [-0.2, 0) is 20.8 Å². The lowest BCUT2D eigenvalue weighted by Crippen LogP contribution is -2.62. The molecule has 6 unspecified atom stereocenters. The van der Waals surface area contributed by atoms with Gasteiger partial charge in [0.2, 0.25) is 11.8 Å². The number of rotatable bonds is 7. The molecule has 0 aromatic heterocycles. The van der Waals surface area contributed by atoms with Crippen molar-refractivity contribution in [3.05, 3.63) is 41.2 Å². The van der Waals surface area contributed by atoms with E-state index >= 15 is 0 Å². The SMILES string of the molecule is CNC(C)C(=O)NC(C(=O)N1CCC2CC(C(C)=O)CC(C3=CCc4cc(F)ccc43)C21C)C1CCCCC1. The molecule has 3 fully saturated rings. The Hall–Kier alpha value is -2.54. The number of hydrogen-bond acceptors (Lipinski definition) is 4. The van der Waals surface area contributed by atoms with Crippen LogP contribution in [0, 0.1) is 29.5 Å². The molecule has 4 aliphatic rings. The van der Waals surface area contributed by atoms with Gasteiger partial charge in [-0.25, -0.2) is 4.39 Å². The minimum Gasteiger partial charge on any atom is -0.343 e. The lowest BCUT2D eigenvalue weighted by atomic mass is 9.60. The molecular formula is C32H44FN3O3. The highest BCUT2D eigenvalue weighted by Gasteiger charge is 2.58. The van der Waals surface area contributed by atoms with Gasteiger partial charge in [-0.15, -0.1) is 0 Å². The predicted molar refractivity (Wildman–Crippen MR) is 150 cm³/mol. The molecule has 6 atom stereocenters. The maximum atomic E-state index is 14.6. The molecule has 1 saturated heterocycles. The molecule has 1 heterocycles. The first-order valence-electron chi connectivity index (χ1n) is 14.9. The van der Waals surface area contributed by atoms with E-state index < -0.39 is 11.6 Å². The summed E-state index contributed by atoms with van der Waals surface area (Å²) in [5.74, 6) is 0.0969. The average molecular weight is 538 g/mol. The predicted octanol–water partition coefficient (Wildman–Crippen LogP) is 4.66. The molecule has 39 heavy (non-hydrogen) atoms. The van der Waals surface area contributed by atoms with Crippen molar-refractivity contribution in [3.8, 4) is 0 Å².